The van der Waals surface area contributed by atoms with Crippen molar-refractivity contribution in [2.45, 2.75) is 26.8 Å². The van der Waals surface area contributed by atoms with Gasteiger partial charge in [-0.1, -0.05) is 18.2 Å². The third-order valence-corrected chi connectivity index (χ3v) is 4.45. The Morgan fingerprint density at radius 3 is 2.46 bits per heavy atom. The lowest BCUT2D eigenvalue weighted by atomic mass is 10.0. The Balaban J connectivity index is 2.00. The van der Waals surface area contributed by atoms with Gasteiger partial charge in [0.2, 0.25) is 0 Å². The van der Waals surface area contributed by atoms with E-state index in [9.17, 15) is 19.7 Å². The van der Waals surface area contributed by atoms with E-state index in [0.29, 0.717) is 5.69 Å². The van der Waals surface area contributed by atoms with Crippen molar-refractivity contribution in [3.05, 3.63) is 68.8 Å². The fourth-order valence-electron chi connectivity index (χ4n) is 2.64. The minimum absolute atomic E-state index is 0.00768. The number of carbonyl (C=O) groups is 2. The number of hydrogen-bond acceptors (Lipinski definition) is 6. The molecule has 8 heteroatoms. The number of aryl methyl sites for hydroxylation is 2. The van der Waals surface area contributed by atoms with Gasteiger partial charge in [0.05, 0.1) is 16.5 Å². The summed E-state index contributed by atoms with van der Waals surface area (Å²) >= 11 is 0. The van der Waals surface area contributed by atoms with Gasteiger partial charge in [0.25, 0.3) is 11.6 Å². The van der Waals surface area contributed by atoms with Gasteiger partial charge in [-0.3, -0.25) is 14.9 Å². The van der Waals surface area contributed by atoms with Crippen molar-refractivity contribution in [2.75, 3.05) is 19.0 Å². The Labute approximate surface area is 163 Å². The number of nitro benzene ring substituents is 1. The maximum absolute atomic E-state index is 12.3. The molecule has 2 N–H and O–H groups in total. The van der Waals surface area contributed by atoms with E-state index >= 15 is 0 Å². The van der Waals surface area contributed by atoms with Crippen molar-refractivity contribution < 1.29 is 19.2 Å². The van der Waals surface area contributed by atoms with Crippen LogP contribution >= 0.6 is 0 Å². The normalized spacial score (nSPS) is 11.4. The summed E-state index contributed by atoms with van der Waals surface area (Å²) in [6.45, 7) is 5.35. The van der Waals surface area contributed by atoms with Crippen LogP contribution in [0.3, 0.4) is 0 Å². The quantitative estimate of drug-likeness (QED) is 0.430. The van der Waals surface area contributed by atoms with Crippen LogP contribution in [0.15, 0.2) is 36.4 Å². The second-order valence-electron chi connectivity index (χ2n) is 6.45. The van der Waals surface area contributed by atoms with Crippen molar-refractivity contribution in [1.29, 1.82) is 0 Å². The molecule has 0 aromatic heterocycles. The Hall–Kier alpha value is -3.42. The molecule has 0 saturated carbocycles. The Kier molecular flexibility index (Phi) is 6.70. The Bertz CT molecular complexity index is 911. The van der Waals surface area contributed by atoms with Crippen molar-refractivity contribution in [3.63, 3.8) is 0 Å². The molecule has 1 amide bonds. The molecule has 8 nitrogen and oxygen atoms in total. The number of anilines is 1. The van der Waals surface area contributed by atoms with Gasteiger partial charge < -0.3 is 15.4 Å². The molecule has 0 aliphatic rings. The number of nitrogens with zero attached hydrogens (tertiary/aromatic N) is 1. The fraction of sp³-hybridized carbons (Fsp3) is 0.300. The minimum atomic E-state index is -0.818. The zero-order valence-corrected chi connectivity index (χ0v) is 16.2. The summed E-state index contributed by atoms with van der Waals surface area (Å²) in [7, 11) is 1.58. The number of non-ortho nitro benzene ring substituents is 1. The van der Waals surface area contributed by atoms with Crippen LogP contribution < -0.4 is 10.6 Å². The highest BCUT2D eigenvalue weighted by Gasteiger charge is 2.19. The average molecular weight is 385 g/mol. The molecule has 2 rings (SSSR count). The number of nitro groups is 1. The zero-order chi connectivity index (χ0) is 20.8. The second-order valence-corrected chi connectivity index (χ2v) is 6.45. The Morgan fingerprint density at radius 2 is 1.86 bits per heavy atom. The smallest absolute Gasteiger partial charge is 0.341 e. The van der Waals surface area contributed by atoms with Gasteiger partial charge in [-0.15, -0.1) is 0 Å². The Morgan fingerprint density at radius 1 is 1.14 bits per heavy atom. The third-order valence-electron chi connectivity index (χ3n) is 4.45. The molecule has 2 aromatic carbocycles. The molecule has 0 spiro atoms. The number of carbonyl (C=O) groups excluding carboxylic acids is 2. The summed E-state index contributed by atoms with van der Waals surface area (Å²) in [5.41, 5.74) is 3.35. The summed E-state index contributed by atoms with van der Waals surface area (Å²) in [6, 6.07) is 9.46. The molecule has 0 fully saturated rings. The molecule has 1 atom stereocenters. The van der Waals surface area contributed by atoms with E-state index in [-0.39, 0.29) is 17.3 Å². The second kappa shape index (κ2) is 8.98. The van der Waals surface area contributed by atoms with Gasteiger partial charge in [0, 0.05) is 24.9 Å². The monoisotopic (exact) mass is 385 g/mol. The van der Waals surface area contributed by atoms with Crippen LogP contribution in [-0.4, -0.2) is 30.5 Å². The number of nitrogens with one attached hydrogen (secondary N) is 2. The number of benzene rings is 2. The molecule has 0 heterocycles. The first-order chi connectivity index (χ1) is 13.2. The SMILES string of the molecule is CNc1ccc([N+](=O)[O-])cc1C(=O)OCC(=O)N[C@@H](C)c1ccc(C)c(C)c1. The van der Waals surface area contributed by atoms with E-state index in [1.165, 1.54) is 12.1 Å². The summed E-state index contributed by atoms with van der Waals surface area (Å²) < 4.78 is 5.03. The van der Waals surface area contributed by atoms with Crippen molar-refractivity contribution in [1.82, 2.24) is 5.32 Å². The van der Waals surface area contributed by atoms with Crippen molar-refractivity contribution in [3.8, 4) is 0 Å². The van der Waals surface area contributed by atoms with Crippen molar-refractivity contribution >= 4 is 23.3 Å². The van der Waals surface area contributed by atoms with Crippen LogP contribution in [0.1, 0.15) is 40.0 Å². The standard InChI is InChI=1S/C20H23N3O5/c1-12-5-6-15(9-13(12)2)14(3)22-19(24)11-28-20(25)17-10-16(23(26)27)7-8-18(17)21-4/h5-10,14,21H,11H2,1-4H3,(H,22,24)/t14-/m0/s1. The summed E-state index contributed by atoms with van der Waals surface area (Å²) in [4.78, 5) is 34.7. The number of hydrogen-bond donors (Lipinski definition) is 2. The molecule has 0 saturated heterocycles. The van der Waals surface area contributed by atoms with Gasteiger partial charge in [0.1, 0.15) is 0 Å². The van der Waals surface area contributed by atoms with Gasteiger partial charge in [0.15, 0.2) is 6.61 Å². The highest BCUT2D eigenvalue weighted by molar-refractivity contribution is 5.97. The highest BCUT2D eigenvalue weighted by atomic mass is 16.6. The van der Waals surface area contributed by atoms with Crippen LogP contribution in [0.2, 0.25) is 0 Å². The number of esters is 1. The largest absolute Gasteiger partial charge is 0.452 e. The first-order valence-corrected chi connectivity index (χ1v) is 8.72. The maximum Gasteiger partial charge on any atom is 0.341 e. The predicted molar refractivity (Wildman–Crippen MR) is 105 cm³/mol. The first-order valence-electron chi connectivity index (χ1n) is 8.72. The molecular weight excluding hydrogens is 362 g/mol. The predicted octanol–water partition coefficient (Wildman–Crippen LogP) is 3.29. The van der Waals surface area contributed by atoms with E-state index in [4.69, 9.17) is 4.74 Å². The van der Waals surface area contributed by atoms with E-state index in [1.54, 1.807) is 7.05 Å². The van der Waals surface area contributed by atoms with Gasteiger partial charge in [-0.25, -0.2) is 4.79 Å². The van der Waals surface area contributed by atoms with E-state index in [1.807, 2.05) is 39.0 Å². The average Bonchev–Trinajstić information content (AvgIpc) is 2.67. The van der Waals surface area contributed by atoms with Crippen LogP contribution in [-0.2, 0) is 9.53 Å². The molecule has 2 aromatic rings. The van der Waals surface area contributed by atoms with Crippen LogP contribution in [0, 0.1) is 24.0 Å². The number of amides is 1. The minimum Gasteiger partial charge on any atom is -0.452 e. The van der Waals surface area contributed by atoms with E-state index in [2.05, 4.69) is 10.6 Å². The lowest BCUT2D eigenvalue weighted by Crippen LogP contribution is -2.31. The van der Waals surface area contributed by atoms with Gasteiger partial charge >= 0.3 is 5.97 Å². The highest BCUT2D eigenvalue weighted by Crippen LogP contribution is 2.22. The summed E-state index contributed by atoms with van der Waals surface area (Å²) in [5.74, 6) is -1.28. The lowest BCUT2D eigenvalue weighted by molar-refractivity contribution is -0.384. The third kappa shape index (κ3) is 5.06. The van der Waals surface area contributed by atoms with Crippen LogP contribution in [0.4, 0.5) is 11.4 Å². The van der Waals surface area contributed by atoms with E-state index < -0.39 is 23.4 Å². The first kappa shape index (κ1) is 20.9. The molecule has 0 unspecified atom stereocenters. The summed E-state index contributed by atoms with van der Waals surface area (Å²) in [5, 5.41) is 16.4. The van der Waals surface area contributed by atoms with Crippen LogP contribution in [0.25, 0.3) is 0 Å². The van der Waals surface area contributed by atoms with Crippen LogP contribution in [0.5, 0.6) is 0 Å². The maximum atomic E-state index is 12.3. The van der Waals surface area contributed by atoms with Gasteiger partial charge in [-0.2, -0.15) is 0 Å². The molecular formula is C20H23N3O5. The molecule has 0 bridgehead atoms. The molecule has 28 heavy (non-hydrogen) atoms. The molecule has 0 aliphatic carbocycles. The van der Waals surface area contributed by atoms with E-state index in [0.717, 1.165) is 22.8 Å². The number of rotatable bonds is 7. The van der Waals surface area contributed by atoms with Crippen molar-refractivity contribution in [2.24, 2.45) is 0 Å². The summed E-state index contributed by atoms with van der Waals surface area (Å²) in [6.07, 6.45) is 0. The van der Waals surface area contributed by atoms with Gasteiger partial charge in [-0.05, 0) is 43.5 Å². The molecule has 0 radical (unpaired) electrons. The molecule has 148 valence electrons. The molecule has 0 aliphatic heterocycles. The lowest BCUT2D eigenvalue weighted by Gasteiger charge is -2.16. The topological polar surface area (TPSA) is 111 Å². The zero-order valence-electron chi connectivity index (χ0n) is 16.2. The number of ether oxygens (including phenoxy) is 1. The fourth-order valence-corrected chi connectivity index (χ4v) is 2.64.